The first-order chi connectivity index (χ1) is 9.99. The third-order valence-electron chi connectivity index (χ3n) is 2.67. The van der Waals surface area contributed by atoms with Gasteiger partial charge in [0.15, 0.2) is 0 Å². The number of nitro groups is 1. The van der Waals surface area contributed by atoms with Gasteiger partial charge >= 0.3 is 0 Å². The lowest BCUT2D eigenvalue weighted by molar-refractivity contribution is -0.384. The van der Waals surface area contributed by atoms with Crippen LogP contribution >= 0.6 is 23.2 Å². The number of carbonyl (C=O) groups is 1. The Kier molecular flexibility index (Phi) is 4.72. The predicted octanol–water partition coefficient (Wildman–Crippen LogP) is 3.23. The number of rotatable bonds is 4. The van der Waals surface area contributed by atoms with Crippen LogP contribution in [0.5, 0.6) is 0 Å². The molecular formula is C13H9Cl2N3O3. The molecule has 0 saturated carbocycles. The molecule has 6 nitrogen and oxygen atoms in total. The van der Waals surface area contributed by atoms with Gasteiger partial charge in [0.05, 0.1) is 20.5 Å². The summed E-state index contributed by atoms with van der Waals surface area (Å²) in [5.41, 5.74) is 0.509. The zero-order valence-electron chi connectivity index (χ0n) is 10.5. The molecule has 2 rings (SSSR count). The number of nitrogens with one attached hydrogen (secondary N) is 1. The van der Waals surface area contributed by atoms with Gasteiger partial charge in [-0.25, -0.2) is 0 Å². The second-order valence-electron chi connectivity index (χ2n) is 4.08. The molecule has 0 aliphatic carbocycles. The molecule has 0 radical (unpaired) electrons. The Morgan fingerprint density at radius 2 is 1.95 bits per heavy atom. The number of nitro benzene ring substituents is 1. The number of aromatic nitrogens is 1. The van der Waals surface area contributed by atoms with Crippen molar-refractivity contribution in [2.45, 2.75) is 6.54 Å². The Hall–Kier alpha value is -2.18. The van der Waals surface area contributed by atoms with Gasteiger partial charge in [-0.05, 0) is 17.7 Å². The molecule has 108 valence electrons. The summed E-state index contributed by atoms with van der Waals surface area (Å²) in [6.07, 6.45) is 3.19. The normalized spacial score (nSPS) is 10.2. The van der Waals surface area contributed by atoms with E-state index in [1.54, 1.807) is 24.5 Å². The van der Waals surface area contributed by atoms with Gasteiger partial charge in [0.25, 0.3) is 11.6 Å². The van der Waals surface area contributed by atoms with Crippen molar-refractivity contribution in [2.24, 2.45) is 0 Å². The molecule has 1 amide bonds. The number of amides is 1. The van der Waals surface area contributed by atoms with E-state index in [2.05, 4.69) is 10.3 Å². The lowest BCUT2D eigenvalue weighted by atomic mass is 10.1. The first kappa shape index (κ1) is 15.2. The van der Waals surface area contributed by atoms with E-state index in [4.69, 9.17) is 23.2 Å². The van der Waals surface area contributed by atoms with E-state index in [0.717, 1.165) is 17.7 Å². The van der Waals surface area contributed by atoms with E-state index in [-0.39, 0.29) is 27.8 Å². The van der Waals surface area contributed by atoms with Crippen molar-refractivity contribution in [3.05, 3.63) is 67.9 Å². The number of non-ortho nitro benzene ring substituents is 1. The Bertz CT molecular complexity index is 693. The summed E-state index contributed by atoms with van der Waals surface area (Å²) < 4.78 is 0. The molecule has 1 N–H and O–H groups in total. The number of carbonyl (C=O) groups excluding carboxylic acids is 1. The van der Waals surface area contributed by atoms with Gasteiger partial charge in [-0.1, -0.05) is 23.2 Å². The van der Waals surface area contributed by atoms with E-state index in [0.29, 0.717) is 0 Å². The number of benzene rings is 1. The first-order valence-electron chi connectivity index (χ1n) is 5.79. The molecule has 0 atom stereocenters. The predicted molar refractivity (Wildman–Crippen MR) is 78.5 cm³/mol. The van der Waals surface area contributed by atoms with Crippen LogP contribution in [-0.4, -0.2) is 15.8 Å². The number of hydrogen-bond acceptors (Lipinski definition) is 4. The minimum absolute atomic E-state index is 0.0190. The highest BCUT2D eigenvalue weighted by atomic mass is 35.5. The Balaban J connectivity index is 2.21. The van der Waals surface area contributed by atoms with E-state index < -0.39 is 10.8 Å². The lowest BCUT2D eigenvalue weighted by Crippen LogP contribution is -2.23. The van der Waals surface area contributed by atoms with Crippen molar-refractivity contribution in [1.82, 2.24) is 10.3 Å². The van der Waals surface area contributed by atoms with E-state index in [1.807, 2.05) is 0 Å². The summed E-state index contributed by atoms with van der Waals surface area (Å²) in [6, 6.07) is 5.67. The van der Waals surface area contributed by atoms with Crippen molar-refractivity contribution in [3.63, 3.8) is 0 Å². The fourth-order valence-corrected chi connectivity index (χ4v) is 2.03. The summed E-state index contributed by atoms with van der Waals surface area (Å²) in [4.78, 5) is 26.1. The average molecular weight is 326 g/mol. The Labute approximate surface area is 129 Å². The molecule has 0 unspecified atom stereocenters. The van der Waals surface area contributed by atoms with Gasteiger partial charge in [0, 0.05) is 31.1 Å². The first-order valence-corrected chi connectivity index (χ1v) is 6.55. The van der Waals surface area contributed by atoms with Gasteiger partial charge in [-0.3, -0.25) is 19.9 Å². The minimum atomic E-state index is -0.637. The second-order valence-corrected chi connectivity index (χ2v) is 4.87. The molecule has 0 aliphatic heterocycles. The van der Waals surface area contributed by atoms with Crippen LogP contribution in [0.2, 0.25) is 10.0 Å². The molecule has 0 fully saturated rings. The molecule has 8 heteroatoms. The summed E-state index contributed by atoms with van der Waals surface area (Å²) in [5.74, 6) is -0.539. The fraction of sp³-hybridized carbons (Fsp3) is 0.0769. The van der Waals surface area contributed by atoms with Crippen molar-refractivity contribution in [1.29, 1.82) is 0 Å². The second kappa shape index (κ2) is 6.51. The zero-order valence-corrected chi connectivity index (χ0v) is 12.1. The number of halogens is 2. The molecule has 21 heavy (non-hydrogen) atoms. The molecule has 2 aromatic rings. The molecule has 1 aromatic heterocycles. The summed E-state index contributed by atoms with van der Waals surface area (Å²) in [6.45, 7) is 0.248. The summed E-state index contributed by atoms with van der Waals surface area (Å²) >= 11 is 11.7. The number of pyridine rings is 1. The maximum atomic E-state index is 12.1. The van der Waals surface area contributed by atoms with Crippen molar-refractivity contribution in [3.8, 4) is 0 Å². The van der Waals surface area contributed by atoms with E-state index in [9.17, 15) is 14.9 Å². The van der Waals surface area contributed by atoms with Crippen LogP contribution in [0.4, 0.5) is 5.69 Å². The fourth-order valence-electron chi connectivity index (χ4n) is 1.62. The van der Waals surface area contributed by atoms with Gasteiger partial charge < -0.3 is 5.32 Å². The summed E-state index contributed by atoms with van der Waals surface area (Å²) in [5, 5.41) is 13.3. The molecule has 0 bridgehead atoms. The van der Waals surface area contributed by atoms with Crippen LogP contribution in [0.3, 0.4) is 0 Å². The molecule has 0 aliphatic rings. The van der Waals surface area contributed by atoms with Gasteiger partial charge in [0.1, 0.15) is 0 Å². The largest absolute Gasteiger partial charge is 0.348 e. The third-order valence-corrected chi connectivity index (χ3v) is 3.47. The smallest absolute Gasteiger partial charge is 0.271 e. The van der Waals surface area contributed by atoms with Gasteiger partial charge in [0.2, 0.25) is 0 Å². The number of nitrogens with zero attached hydrogens (tertiary/aromatic N) is 2. The maximum Gasteiger partial charge on any atom is 0.271 e. The highest BCUT2D eigenvalue weighted by Crippen LogP contribution is 2.30. The van der Waals surface area contributed by atoms with Gasteiger partial charge in [-0.2, -0.15) is 0 Å². The van der Waals surface area contributed by atoms with Crippen LogP contribution in [0, 0.1) is 10.1 Å². The number of hydrogen-bond donors (Lipinski definition) is 1. The minimum Gasteiger partial charge on any atom is -0.348 e. The van der Waals surface area contributed by atoms with Crippen molar-refractivity contribution < 1.29 is 9.72 Å². The molecule has 0 saturated heterocycles. The highest BCUT2D eigenvalue weighted by Gasteiger charge is 2.19. The molecule has 0 spiro atoms. The SMILES string of the molecule is O=C(NCc1ccncc1)c1cc([N+](=O)[O-])cc(Cl)c1Cl. The van der Waals surface area contributed by atoms with E-state index in [1.165, 1.54) is 0 Å². The quantitative estimate of drug-likeness (QED) is 0.690. The zero-order chi connectivity index (χ0) is 15.4. The third kappa shape index (κ3) is 3.68. The standard InChI is InChI=1S/C13H9Cl2N3O3/c14-11-6-9(18(20)21)5-10(12(11)15)13(19)17-7-8-1-3-16-4-2-8/h1-6H,7H2,(H,17,19). The molecular weight excluding hydrogens is 317 g/mol. The van der Waals surface area contributed by atoms with Crippen LogP contribution < -0.4 is 5.32 Å². The Morgan fingerprint density at radius 1 is 1.29 bits per heavy atom. The Morgan fingerprint density at radius 3 is 2.57 bits per heavy atom. The van der Waals surface area contributed by atoms with Crippen LogP contribution in [-0.2, 0) is 6.54 Å². The molecule has 1 aromatic carbocycles. The maximum absolute atomic E-state index is 12.1. The van der Waals surface area contributed by atoms with Crippen molar-refractivity contribution in [2.75, 3.05) is 0 Å². The monoisotopic (exact) mass is 325 g/mol. The van der Waals surface area contributed by atoms with Crippen LogP contribution in [0.15, 0.2) is 36.7 Å². The van der Waals surface area contributed by atoms with E-state index >= 15 is 0 Å². The van der Waals surface area contributed by atoms with Crippen LogP contribution in [0.1, 0.15) is 15.9 Å². The lowest BCUT2D eigenvalue weighted by Gasteiger charge is -2.08. The molecule has 1 heterocycles. The average Bonchev–Trinajstić information content (AvgIpc) is 2.48. The summed E-state index contributed by atoms with van der Waals surface area (Å²) in [7, 11) is 0. The van der Waals surface area contributed by atoms with Gasteiger partial charge in [-0.15, -0.1) is 0 Å². The van der Waals surface area contributed by atoms with Crippen molar-refractivity contribution >= 4 is 34.8 Å². The topological polar surface area (TPSA) is 85.1 Å². The highest BCUT2D eigenvalue weighted by molar-refractivity contribution is 6.44. The van der Waals surface area contributed by atoms with Crippen LogP contribution in [0.25, 0.3) is 0 Å².